The van der Waals surface area contributed by atoms with Crippen molar-refractivity contribution in [3.8, 4) is 0 Å². The minimum Gasteiger partial charge on any atom is -0.461 e. The average molecular weight is 484 g/mol. The van der Waals surface area contributed by atoms with Crippen LogP contribution in [0.2, 0.25) is 0 Å². The number of carbonyl (C=O) groups excluding carboxylic acids is 2. The minimum absolute atomic E-state index is 0.0142. The van der Waals surface area contributed by atoms with Crippen molar-refractivity contribution in [3.05, 3.63) is 70.2 Å². The zero-order valence-corrected chi connectivity index (χ0v) is 17.8. The molecule has 0 aromatic heterocycles. The number of amides is 1. The molecule has 1 aliphatic rings. The van der Waals surface area contributed by atoms with Gasteiger partial charge in [-0.15, -0.1) is 0 Å². The molecule has 1 atom stereocenters. The van der Waals surface area contributed by atoms with Gasteiger partial charge in [0.1, 0.15) is 6.61 Å². The van der Waals surface area contributed by atoms with E-state index >= 15 is 0 Å². The van der Waals surface area contributed by atoms with Crippen LogP contribution < -0.4 is 0 Å². The Morgan fingerprint density at radius 3 is 2.23 bits per heavy atom. The molecule has 160 valence electrons. The van der Waals surface area contributed by atoms with Crippen molar-refractivity contribution in [2.45, 2.75) is 31.7 Å². The molecule has 2 aromatic carbocycles. The molecule has 1 aliphatic carbocycles. The summed E-state index contributed by atoms with van der Waals surface area (Å²) in [5.41, 5.74) is 0.833. The third-order valence-electron chi connectivity index (χ3n) is 5.28. The van der Waals surface area contributed by atoms with Crippen LogP contribution in [0.5, 0.6) is 0 Å². The van der Waals surface area contributed by atoms with Gasteiger partial charge in [0.25, 0.3) is 0 Å². The van der Waals surface area contributed by atoms with Crippen LogP contribution in [0.4, 0.5) is 13.2 Å². The molecule has 0 radical (unpaired) electrons. The van der Waals surface area contributed by atoms with Crippen LogP contribution >= 0.6 is 15.9 Å². The second-order valence-electron chi connectivity index (χ2n) is 7.40. The summed E-state index contributed by atoms with van der Waals surface area (Å²) in [4.78, 5) is 25.6. The van der Waals surface area contributed by atoms with Crippen LogP contribution in [-0.4, -0.2) is 30.0 Å². The summed E-state index contributed by atoms with van der Waals surface area (Å²) >= 11 is 3.20. The van der Waals surface area contributed by atoms with Gasteiger partial charge in [0.05, 0.1) is 5.92 Å². The van der Waals surface area contributed by atoms with Crippen LogP contribution in [0, 0.1) is 11.8 Å². The lowest BCUT2D eigenvalue weighted by molar-refractivity contribution is -0.192. The molecule has 30 heavy (non-hydrogen) atoms. The quantitative estimate of drug-likeness (QED) is 0.525. The predicted molar refractivity (Wildman–Crippen MR) is 108 cm³/mol. The van der Waals surface area contributed by atoms with E-state index in [1.165, 1.54) is 24.3 Å². The van der Waals surface area contributed by atoms with Crippen LogP contribution in [0.15, 0.2) is 59.1 Å². The fourth-order valence-corrected chi connectivity index (χ4v) is 3.82. The summed E-state index contributed by atoms with van der Waals surface area (Å²) in [5.74, 6) is -2.13. The average Bonchev–Trinajstić information content (AvgIpc) is 2.66. The number of rotatable bonds is 6. The summed E-state index contributed by atoms with van der Waals surface area (Å²) in [6.45, 7) is 0.133. The van der Waals surface area contributed by atoms with Gasteiger partial charge in [-0.25, -0.2) is 0 Å². The standard InChI is InChI=1S/C22H21BrF3NO3/c1-27(19(22(24,25)26)15-7-9-18(23)10-8-15)20(28)16-11-17(12-16)21(29)30-13-14-5-3-2-4-6-14/h2-10,16-17,19H,11-13H2,1H3/t16?,17?,19-/m0/s1. The van der Waals surface area contributed by atoms with Crippen molar-refractivity contribution in [2.24, 2.45) is 11.8 Å². The number of hydrogen-bond acceptors (Lipinski definition) is 3. The molecule has 1 fully saturated rings. The van der Waals surface area contributed by atoms with E-state index in [-0.39, 0.29) is 25.0 Å². The van der Waals surface area contributed by atoms with E-state index < -0.39 is 35.9 Å². The summed E-state index contributed by atoms with van der Waals surface area (Å²) in [6, 6.07) is 12.8. The number of nitrogens with zero attached hydrogens (tertiary/aromatic N) is 1. The Morgan fingerprint density at radius 1 is 1.07 bits per heavy atom. The number of halogens is 4. The van der Waals surface area contributed by atoms with Crippen molar-refractivity contribution >= 4 is 27.8 Å². The Morgan fingerprint density at radius 2 is 1.67 bits per heavy atom. The minimum atomic E-state index is -4.62. The summed E-state index contributed by atoms with van der Waals surface area (Å²) in [6.07, 6.45) is -4.22. The summed E-state index contributed by atoms with van der Waals surface area (Å²) < 4.78 is 47.0. The Hall–Kier alpha value is -2.35. The van der Waals surface area contributed by atoms with Gasteiger partial charge in [0.15, 0.2) is 6.04 Å². The second-order valence-corrected chi connectivity index (χ2v) is 8.32. The van der Waals surface area contributed by atoms with Crippen molar-refractivity contribution in [2.75, 3.05) is 7.05 Å². The molecule has 0 spiro atoms. The van der Waals surface area contributed by atoms with Crippen molar-refractivity contribution < 1.29 is 27.5 Å². The smallest absolute Gasteiger partial charge is 0.413 e. The molecule has 8 heteroatoms. The monoisotopic (exact) mass is 483 g/mol. The second kappa shape index (κ2) is 9.20. The lowest BCUT2D eigenvalue weighted by Gasteiger charge is -2.38. The maximum Gasteiger partial charge on any atom is 0.413 e. The van der Waals surface area contributed by atoms with Crippen molar-refractivity contribution in [3.63, 3.8) is 0 Å². The highest BCUT2D eigenvalue weighted by atomic mass is 79.9. The van der Waals surface area contributed by atoms with E-state index in [2.05, 4.69) is 15.9 Å². The lowest BCUT2D eigenvalue weighted by Crippen LogP contribution is -2.47. The maximum atomic E-state index is 13.7. The number of esters is 1. The first kappa shape index (κ1) is 22.3. The van der Waals surface area contributed by atoms with Crippen LogP contribution in [0.25, 0.3) is 0 Å². The third kappa shape index (κ3) is 5.22. The number of alkyl halides is 3. The lowest BCUT2D eigenvalue weighted by atomic mass is 9.74. The molecule has 0 bridgehead atoms. The van der Waals surface area contributed by atoms with Crippen LogP contribution in [0.1, 0.15) is 30.0 Å². The van der Waals surface area contributed by atoms with E-state index in [4.69, 9.17) is 4.74 Å². The molecule has 0 N–H and O–H groups in total. The molecule has 1 amide bonds. The van der Waals surface area contributed by atoms with E-state index in [1.807, 2.05) is 30.3 Å². The number of ether oxygens (including phenoxy) is 1. The van der Waals surface area contributed by atoms with E-state index in [9.17, 15) is 22.8 Å². The summed E-state index contributed by atoms with van der Waals surface area (Å²) in [7, 11) is 1.16. The molecule has 0 saturated heterocycles. The van der Waals surface area contributed by atoms with Gasteiger partial charge in [-0.3, -0.25) is 9.59 Å². The van der Waals surface area contributed by atoms with Crippen LogP contribution in [0.3, 0.4) is 0 Å². The Balaban J connectivity index is 1.58. The molecule has 0 heterocycles. The molecule has 0 unspecified atom stereocenters. The topological polar surface area (TPSA) is 46.6 Å². The highest BCUT2D eigenvalue weighted by molar-refractivity contribution is 9.10. The fourth-order valence-electron chi connectivity index (χ4n) is 3.55. The molecule has 3 rings (SSSR count). The molecular formula is C22H21BrF3NO3. The molecule has 2 aromatic rings. The molecule has 0 aliphatic heterocycles. The van der Waals surface area contributed by atoms with Gasteiger partial charge < -0.3 is 9.64 Å². The zero-order chi connectivity index (χ0) is 21.9. The van der Waals surface area contributed by atoms with E-state index in [0.29, 0.717) is 4.47 Å². The maximum absolute atomic E-state index is 13.7. The van der Waals surface area contributed by atoms with Gasteiger partial charge in [-0.2, -0.15) is 13.2 Å². The van der Waals surface area contributed by atoms with Gasteiger partial charge in [0.2, 0.25) is 5.91 Å². The first-order valence-corrected chi connectivity index (χ1v) is 10.3. The normalized spacial score (nSPS) is 19.5. The summed E-state index contributed by atoms with van der Waals surface area (Å²) in [5, 5.41) is 0. The molecule has 4 nitrogen and oxygen atoms in total. The van der Waals surface area contributed by atoms with E-state index in [1.54, 1.807) is 0 Å². The Labute approximate surface area is 181 Å². The first-order chi connectivity index (χ1) is 14.2. The molecular weight excluding hydrogens is 463 g/mol. The van der Waals surface area contributed by atoms with Gasteiger partial charge >= 0.3 is 12.1 Å². The van der Waals surface area contributed by atoms with Crippen LogP contribution in [-0.2, 0) is 20.9 Å². The number of carbonyl (C=O) groups is 2. The first-order valence-electron chi connectivity index (χ1n) is 9.46. The Bertz CT molecular complexity index is 881. The highest BCUT2D eigenvalue weighted by Crippen LogP contribution is 2.41. The van der Waals surface area contributed by atoms with Gasteiger partial charge in [-0.1, -0.05) is 58.4 Å². The largest absolute Gasteiger partial charge is 0.461 e. The fraction of sp³-hybridized carbons (Fsp3) is 0.364. The third-order valence-corrected chi connectivity index (χ3v) is 5.80. The number of hydrogen-bond donors (Lipinski definition) is 0. The zero-order valence-electron chi connectivity index (χ0n) is 16.2. The van der Waals surface area contributed by atoms with E-state index in [0.717, 1.165) is 17.5 Å². The van der Waals surface area contributed by atoms with Gasteiger partial charge in [-0.05, 0) is 36.1 Å². The Kier molecular flexibility index (Phi) is 6.85. The number of benzene rings is 2. The predicted octanol–water partition coefficient (Wildman–Crippen LogP) is 5.28. The van der Waals surface area contributed by atoms with Crippen molar-refractivity contribution in [1.82, 2.24) is 4.90 Å². The van der Waals surface area contributed by atoms with Crippen molar-refractivity contribution in [1.29, 1.82) is 0 Å². The highest BCUT2D eigenvalue weighted by Gasteiger charge is 2.48. The SMILES string of the molecule is CN(C(=O)C1CC(C(=O)OCc2ccccc2)C1)[C@@H](c1ccc(Br)cc1)C(F)(F)F. The van der Waals surface area contributed by atoms with Gasteiger partial charge in [0, 0.05) is 17.4 Å². The molecule has 1 saturated carbocycles.